The molecular formula is C30H41N2O4+. The molecule has 3 aromatic rings. The van der Waals surface area contributed by atoms with Crippen molar-refractivity contribution in [1.29, 1.82) is 0 Å². The van der Waals surface area contributed by atoms with Crippen LogP contribution in [-0.2, 0) is 27.2 Å². The Kier molecular flexibility index (Phi) is 10.1. The zero-order valence-electron chi connectivity index (χ0n) is 22.3. The molecule has 1 heterocycles. The van der Waals surface area contributed by atoms with E-state index >= 15 is 0 Å². The number of nitrogens with zero attached hydrogens (tertiary/aromatic N) is 2. The second-order valence-electron chi connectivity index (χ2n) is 10.3. The molecule has 0 unspecified atom stereocenters. The number of carbonyl (C=O) groups excluding carboxylic acids is 2. The molecule has 6 nitrogen and oxygen atoms in total. The standard InChI is InChI=1S/C30H41N2O4/c1-32(2,3)26-18-16-24(17-19-26)22-29(33)36-21-13-9-7-5-6-8-12-20-31-27-15-11-10-14-25(27)23-28(31)30(34)35-4/h10-11,14-19,23H,5-9,12-13,20-22H2,1-4H3/q+1. The van der Waals surface area contributed by atoms with E-state index in [0.29, 0.717) is 18.7 Å². The molecule has 0 saturated carbocycles. The number of hydrogen-bond acceptors (Lipinski definition) is 4. The average Bonchev–Trinajstić information content (AvgIpc) is 3.23. The van der Waals surface area contributed by atoms with Crippen molar-refractivity contribution >= 4 is 28.5 Å². The number of methoxy groups -OCH3 is 1. The van der Waals surface area contributed by atoms with Crippen LogP contribution in [-0.4, -0.2) is 51.4 Å². The lowest BCUT2D eigenvalue weighted by molar-refractivity contribution is -0.142. The zero-order chi connectivity index (χ0) is 26.0. The highest BCUT2D eigenvalue weighted by Gasteiger charge is 2.15. The monoisotopic (exact) mass is 493 g/mol. The summed E-state index contributed by atoms with van der Waals surface area (Å²) in [6, 6.07) is 18.1. The molecule has 6 heteroatoms. The Labute approximate surface area is 215 Å². The van der Waals surface area contributed by atoms with Crippen molar-refractivity contribution in [3.8, 4) is 0 Å². The molecule has 0 N–H and O–H groups in total. The number of esters is 2. The number of aromatic nitrogens is 1. The molecule has 0 aliphatic heterocycles. The molecule has 3 rings (SSSR count). The van der Waals surface area contributed by atoms with Gasteiger partial charge in [0.15, 0.2) is 0 Å². The highest BCUT2D eigenvalue weighted by molar-refractivity contribution is 5.95. The number of ether oxygens (including phenoxy) is 2. The topological polar surface area (TPSA) is 57.5 Å². The number of fused-ring (bicyclic) bond motifs is 1. The van der Waals surface area contributed by atoms with Gasteiger partial charge in [0.1, 0.15) is 11.4 Å². The maximum atomic E-state index is 12.2. The lowest BCUT2D eigenvalue weighted by atomic mass is 10.1. The van der Waals surface area contributed by atoms with E-state index in [9.17, 15) is 9.59 Å². The Balaban J connectivity index is 1.26. The number of unbranched alkanes of at least 4 members (excludes halogenated alkanes) is 6. The summed E-state index contributed by atoms with van der Waals surface area (Å²) in [5.41, 5.74) is 3.89. The van der Waals surface area contributed by atoms with Crippen LogP contribution in [0.2, 0.25) is 0 Å². The molecule has 0 aliphatic carbocycles. The van der Waals surface area contributed by atoms with E-state index in [1.807, 2.05) is 36.4 Å². The van der Waals surface area contributed by atoms with E-state index in [1.165, 1.54) is 19.2 Å². The molecule has 0 amide bonds. The van der Waals surface area contributed by atoms with E-state index in [-0.39, 0.29) is 11.9 Å². The fourth-order valence-electron chi connectivity index (χ4n) is 4.45. The number of carbonyl (C=O) groups is 2. The fraction of sp³-hybridized carbons (Fsp3) is 0.467. The predicted octanol–water partition coefficient (Wildman–Crippen LogP) is 6.14. The quantitative estimate of drug-likeness (QED) is 0.154. The molecular weight excluding hydrogens is 452 g/mol. The molecule has 0 saturated heterocycles. The van der Waals surface area contributed by atoms with Gasteiger partial charge in [-0.1, -0.05) is 62.4 Å². The van der Waals surface area contributed by atoms with E-state index in [2.05, 4.69) is 43.9 Å². The van der Waals surface area contributed by atoms with Crippen LogP contribution in [0.3, 0.4) is 0 Å². The summed E-state index contributed by atoms with van der Waals surface area (Å²) in [5, 5.41) is 1.07. The van der Waals surface area contributed by atoms with Gasteiger partial charge in [0, 0.05) is 17.4 Å². The van der Waals surface area contributed by atoms with Gasteiger partial charge in [0.05, 0.1) is 41.3 Å². The van der Waals surface area contributed by atoms with Gasteiger partial charge in [0.25, 0.3) is 0 Å². The average molecular weight is 494 g/mol. The zero-order valence-corrected chi connectivity index (χ0v) is 22.3. The Morgan fingerprint density at radius 3 is 2.14 bits per heavy atom. The highest BCUT2D eigenvalue weighted by atomic mass is 16.5. The number of para-hydroxylation sites is 1. The van der Waals surface area contributed by atoms with Crippen molar-refractivity contribution in [3.05, 3.63) is 65.9 Å². The van der Waals surface area contributed by atoms with Gasteiger partial charge in [-0.25, -0.2) is 4.79 Å². The Morgan fingerprint density at radius 2 is 1.47 bits per heavy atom. The van der Waals surface area contributed by atoms with Crippen LogP contribution in [0.5, 0.6) is 0 Å². The molecule has 36 heavy (non-hydrogen) atoms. The molecule has 0 fully saturated rings. The minimum Gasteiger partial charge on any atom is -0.465 e. The van der Waals surface area contributed by atoms with Crippen LogP contribution in [0.4, 0.5) is 5.69 Å². The molecule has 0 aliphatic rings. The molecule has 1 aromatic heterocycles. The number of hydrogen-bond donors (Lipinski definition) is 0. The minimum absolute atomic E-state index is 0.156. The summed E-state index contributed by atoms with van der Waals surface area (Å²) in [6.07, 6.45) is 7.92. The Hall–Kier alpha value is -3.12. The summed E-state index contributed by atoms with van der Waals surface area (Å²) < 4.78 is 13.2. The fourth-order valence-corrected chi connectivity index (χ4v) is 4.45. The van der Waals surface area contributed by atoms with Gasteiger partial charge in [0.2, 0.25) is 0 Å². The van der Waals surface area contributed by atoms with E-state index in [1.54, 1.807) is 0 Å². The second-order valence-corrected chi connectivity index (χ2v) is 10.3. The third-order valence-corrected chi connectivity index (χ3v) is 6.55. The van der Waals surface area contributed by atoms with Crippen molar-refractivity contribution in [2.24, 2.45) is 0 Å². The molecule has 2 aromatic carbocycles. The first-order valence-electron chi connectivity index (χ1n) is 13.0. The van der Waals surface area contributed by atoms with Gasteiger partial charge in [-0.05, 0) is 42.7 Å². The van der Waals surface area contributed by atoms with Gasteiger partial charge in [-0.2, -0.15) is 0 Å². The summed E-state index contributed by atoms with van der Waals surface area (Å²) in [5.74, 6) is -0.443. The van der Waals surface area contributed by atoms with Crippen LogP contribution >= 0.6 is 0 Å². The molecule has 0 atom stereocenters. The first-order valence-corrected chi connectivity index (χ1v) is 13.0. The van der Waals surface area contributed by atoms with Crippen molar-refractivity contribution in [2.45, 2.75) is 57.9 Å². The largest absolute Gasteiger partial charge is 0.465 e. The Bertz CT molecular complexity index is 1130. The van der Waals surface area contributed by atoms with Crippen LogP contribution in [0.15, 0.2) is 54.6 Å². The third-order valence-electron chi connectivity index (χ3n) is 6.55. The SMILES string of the molecule is COC(=O)c1cc2ccccc2n1CCCCCCCCCOC(=O)Cc1ccc([N+](C)(C)C)cc1. The lowest BCUT2D eigenvalue weighted by Gasteiger charge is -2.23. The van der Waals surface area contributed by atoms with Crippen LogP contribution in [0.25, 0.3) is 10.9 Å². The molecule has 194 valence electrons. The van der Waals surface area contributed by atoms with Crippen LogP contribution in [0, 0.1) is 0 Å². The van der Waals surface area contributed by atoms with E-state index in [4.69, 9.17) is 9.47 Å². The number of aryl methyl sites for hydroxylation is 1. The van der Waals surface area contributed by atoms with Crippen LogP contribution < -0.4 is 4.48 Å². The highest BCUT2D eigenvalue weighted by Crippen LogP contribution is 2.22. The number of quaternary nitrogens is 1. The summed E-state index contributed by atoms with van der Waals surface area (Å²) in [6.45, 7) is 1.30. The summed E-state index contributed by atoms with van der Waals surface area (Å²) in [7, 11) is 7.79. The van der Waals surface area contributed by atoms with Gasteiger partial charge in [-0.15, -0.1) is 0 Å². The van der Waals surface area contributed by atoms with Crippen molar-refractivity contribution in [3.63, 3.8) is 0 Å². The summed E-state index contributed by atoms with van der Waals surface area (Å²) in [4.78, 5) is 24.3. The van der Waals surface area contributed by atoms with Gasteiger partial charge >= 0.3 is 11.9 Å². The van der Waals surface area contributed by atoms with Gasteiger partial charge < -0.3 is 14.0 Å². The maximum absolute atomic E-state index is 12.2. The first-order chi connectivity index (χ1) is 17.3. The van der Waals surface area contributed by atoms with E-state index < -0.39 is 0 Å². The number of rotatable bonds is 14. The first kappa shape index (κ1) is 27.5. The second kappa shape index (κ2) is 13.3. The number of benzene rings is 2. The van der Waals surface area contributed by atoms with Gasteiger partial charge in [-0.3, -0.25) is 9.28 Å². The van der Waals surface area contributed by atoms with Crippen molar-refractivity contribution < 1.29 is 19.1 Å². The normalized spacial score (nSPS) is 11.6. The van der Waals surface area contributed by atoms with E-state index in [0.717, 1.165) is 66.0 Å². The molecule has 0 spiro atoms. The maximum Gasteiger partial charge on any atom is 0.354 e. The minimum atomic E-state index is -0.287. The predicted molar refractivity (Wildman–Crippen MR) is 146 cm³/mol. The van der Waals surface area contributed by atoms with Crippen molar-refractivity contribution in [2.75, 3.05) is 34.9 Å². The molecule has 0 radical (unpaired) electrons. The molecule has 0 bridgehead atoms. The Morgan fingerprint density at radius 1 is 0.833 bits per heavy atom. The van der Waals surface area contributed by atoms with Crippen LogP contribution in [0.1, 0.15) is 61.0 Å². The summed E-state index contributed by atoms with van der Waals surface area (Å²) >= 11 is 0. The third kappa shape index (κ3) is 7.95. The lowest BCUT2D eigenvalue weighted by Crippen LogP contribution is -2.34. The smallest absolute Gasteiger partial charge is 0.354 e. The van der Waals surface area contributed by atoms with Crippen molar-refractivity contribution in [1.82, 2.24) is 9.05 Å².